The lowest BCUT2D eigenvalue weighted by Crippen LogP contribution is -2.23. The smallest absolute Gasteiger partial charge is 0.228 e. The van der Waals surface area contributed by atoms with Crippen LogP contribution >= 0.6 is 0 Å². The van der Waals surface area contributed by atoms with Crippen molar-refractivity contribution in [1.29, 1.82) is 0 Å². The molecule has 0 spiro atoms. The first kappa shape index (κ1) is 15.5. The van der Waals surface area contributed by atoms with Gasteiger partial charge in [0.15, 0.2) is 17.3 Å². The van der Waals surface area contributed by atoms with E-state index in [0.29, 0.717) is 18.1 Å². The van der Waals surface area contributed by atoms with E-state index in [1.165, 1.54) is 0 Å². The second-order valence-electron chi connectivity index (χ2n) is 6.24. The van der Waals surface area contributed by atoms with Crippen molar-refractivity contribution < 1.29 is 4.79 Å². The molecule has 0 aromatic carbocycles. The number of hydrogen-bond donors (Lipinski definition) is 0. The fourth-order valence-corrected chi connectivity index (χ4v) is 2.97. The number of nitrogens with zero attached hydrogens (tertiary/aromatic N) is 7. The van der Waals surface area contributed by atoms with Crippen molar-refractivity contribution >= 4 is 29.5 Å². The van der Waals surface area contributed by atoms with Gasteiger partial charge in [0.25, 0.3) is 0 Å². The maximum atomic E-state index is 11.9. The zero-order valence-corrected chi connectivity index (χ0v) is 14.5. The molecule has 128 valence electrons. The standard InChI is InChI=1S/C17H19N7O/c1-11-9-18-12(2)24-17(11)19-13(21-24)6-7-14-20-15(10-22(14)3)23-8-4-5-16(23)25/h6-7,9-10H,4-5,8H2,1-3H3. The maximum Gasteiger partial charge on any atom is 0.228 e. The molecule has 0 N–H and O–H groups in total. The van der Waals surface area contributed by atoms with Gasteiger partial charge < -0.3 is 4.57 Å². The van der Waals surface area contributed by atoms with Gasteiger partial charge in [-0.2, -0.15) is 4.52 Å². The minimum atomic E-state index is 0.133. The number of amides is 1. The minimum absolute atomic E-state index is 0.133. The fraction of sp³-hybridized carbons (Fsp3) is 0.353. The van der Waals surface area contributed by atoms with Crippen molar-refractivity contribution in [2.45, 2.75) is 26.7 Å². The lowest BCUT2D eigenvalue weighted by molar-refractivity contribution is -0.117. The van der Waals surface area contributed by atoms with Crippen LogP contribution in [-0.4, -0.2) is 41.6 Å². The Morgan fingerprint density at radius 3 is 2.76 bits per heavy atom. The molecule has 1 aliphatic rings. The number of carbonyl (C=O) groups excluding carboxylic acids is 1. The predicted octanol–water partition coefficient (Wildman–Crippen LogP) is 1.77. The van der Waals surface area contributed by atoms with E-state index >= 15 is 0 Å². The van der Waals surface area contributed by atoms with Gasteiger partial charge in [-0.25, -0.2) is 15.0 Å². The Balaban J connectivity index is 1.64. The number of hydrogen-bond acceptors (Lipinski definition) is 5. The second-order valence-corrected chi connectivity index (χ2v) is 6.24. The van der Waals surface area contributed by atoms with Crippen molar-refractivity contribution in [3.8, 4) is 0 Å². The largest absolute Gasteiger partial charge is 0.332 e. The highest BCUT2D eigenvalue weighted by Gasteiger charge is 2.24. The molecule has 0 unspecified atom stereocenters. The SMILES string of the molecule is Cc1cnc(C)n2nc(C=Cc3nc(N4CCCC4=O)cn3C)nc12. The second kappa shape index (κ2) is 5.80. The third-order valence-electron chi connectivity index (χ3n) is 4.36. The van der Waals surface area contributed by atoms with Crippen LogP contribution in [0.2, 0.25) is 0 Å². The molecular formula is C17H19N7O. The molecule has 4 heterocycles. The summed E-state index contributed by atoms with van der Waals surface area (Å²) in [7, 11) is 1.91. The average molecular weight is 337 g/mol. The summed E-state index contributed by atoms with van der Waals surface area (Å²) >= 11 is 0. The Kier molecular flexibility index (Phi) is 3.60. The molecule has 8 nitrogen and oxygen atoms in total. The van der Waals surface area contributed by atoms with E-state index in [-0.39, 0.29) is 5.91 Å². The van der Waals surface area contributed by atoms with Crippen LogP contribution in [0.4, 0.5) is 5.82 Å². The Morgan fingerprint density at radius 2 is 2.04 bits per heavy atom. The normalized spacial score (nSPS) is 15.2. The van der Waals surface area contributed by atoms with Gasteiger partial charge in [-0.1, -0.05) is 0 Å². The van der Waals surface area contributed by atoms with Gasteiger partial charge in [0.2, 0.25) is 5.91 Å². The van der Waals surface area contributed by atoms with Crippen LogP contribution in [0.3, 0.4) is 0 Å². The molecule has 0 bridgehead atoms. The van der Waals surface area contributed by atoms with Gasteiger partial charge in [-0.3, -0.25) is 9.69 Å². The number of imidazole rings is 1. The zero-order chi connectivity index (χ0) is 17.6. The van der Waals surface area contributed by atoms with E-state index in [2.05, 4.69) is 20.1 Å². The summed E-state index contributed by atoms with van der Waals surface area (Å²) < 4.78 is 3.63. The van der Waals surface area contributed by atoms with Crippen LogP contribution in [-0.2, 0) is 11.8 Å². The molecule has 25 heavy (non-hydrogen) atoms. The topological polar surface area (TPSA) is 81.2 Å². The summed E-state index contributed by atoms with van der Waals surface area (Å²) in [6.45, 7) is 4.59. The van der Waals surface area contributed by atoms with Crippen molar-refractivity contribution in [3.05, 3.63) is 35.4 Å². The summed E-state index contributed by atoms with van der Waals surface area (Å²) in [6.07, 6.45) is 8.84. The lowest BCUT2D eigenvalue weighted by Gasteiger charge is -2.10. The van der Waals surface area contributed by atoms with Gasteiger partial charge in [-0.15, -0.1) is 5.10 Å². The molecule has 0 aliphatic carbocycles. The summed E-state index contributed by atoms with van der Waals surface area (Å²) in [5.74, 6) is 2.97. The van der Waals surface area contributed by atoms with E-state index in [9.17, 15) is 4.79 Å². The van der Waals surface area contributed by atoms with Crippen molar-refractivity contribution in [1.82, 2.24) is 29.1 Å². The molecular weight excluding hydrogens is 318 g/mol. The minimum Gasteiger partial charge on any atom is -0.332 e. The van der Waals surface area contributed by atoms with Crippen LogP contribution in [0.15, 0.2) is 12.4 Å². The van der Waals surface area contributed by atoms with Gasteiger partial charge >= 0.3 is 0 Å². The van der Waals surface area contributed by atoms with Gasteiger partial charge in [0, 0.05) is 38.0 Å². The molecule has 1 aliphatic heterocycles. The third-order valence-corrected chi connectivity index (χ3v) is 4.36. The molecule has 1 saturated heterocycles. The molecule has 4 rings (SSSR count). The fourth-order valence-electron chi connectivity index (χ4n) is 2.97. The Morgan fingerprint density at radius 1 is 1.20 bits per heavy atom. The quantitative estimate of drug-likeness (QED) is 0.727. The summed E-state index contributed by atoms with van der Waals surface area (Å²) in [5.41, 5.74) is 1.78. The predicted molar refractivity (Wildman–Crippen MR) is 94.0 cm³/mol. The number of aromatic nitrogens is 6. The van der Waals surface area contributed by atoms with Crippen molar-refractivity contribution in [2.24, 2.45) is 7.05 Å². The van der Waals surface area contributed by atoms with E-state index in [1.807, 2.05) is 43.8 Å². The first-order chi connectivity index (χ1) is 12.0. The number of rotatable bonds is 3. The Bertz CT molecular complexity index is 959. The first-order valence-corrected chi connectivity index (χ1v) is 8.24. The highest BCUT2D eigenvalue weighted by atomic mass is 16.2. The van der Waals surface area contributed by atoms with E-state index in [1.54, 1.807) is 15.6 Å². The van der Waals surface area contributed by atoms with Crippen LogP contribution in [0.25, 0.3) is 17.8 Å². The molecule has 0 atom stereocenters. The molecule has 3 aromatic rings. The number of aryl methyl sites for hydroxylation is 3. The number of anilines is 1. The van der Waals surface area contributed by atoms with Crippen molar-refractivity contribution in [3.63, 3.8) is 0 Å². The highest BCUT2D eigenvalue weighted by Crippen LogP contribution is 2.21. The first-order valence-electron chi connectivity index (χ1n) is 8.24. The van der Waals surface area contributed by atoms with Crippen LogP contribution in [0, 0.1) is 13.8 Å². The lowest BCUT2D eigenvalue weighted by atomic mass is 10.3. The van der Waals surface area contributed by atoms with E-state index < -0.39 is 0 Å². The van der Waals surface area contributed by atoms with Crippen molar-refractivity contribution in [2.75, 3.05) is 11.4 Å². The molecule has 1 fully saturated rings. The van der Waals surface area contributed by atoms with Crippen LogP contribution < -0.4 is 4.90 Å². The maximum absolute atomic E-state index is 11.9. The molecule has 0 radical (unpaired) electrons. The highest BCUT2D eigenvalue weighted by molar-refractivity contribution is 5.94. The zero-order valence-electron chi connectivity index (χ0n) is 14.5. The third kappa shape index (κ3) is 2.69. The monoisotopic (exact) mass is 337 g/mol. The number of fused-ring (bicyclic) bond motifs is 1. The van der Waals surface area contributed by atoms with E-state index in [4.69, 9.17) is 0 Å². The Labute approximate surface area is 144 Å². The van der Waals surface area contributed by atoms with Crippen LogP contribution in [0.1, 0.15) is 35.9 Å². The van der Waals surface area contributed by atoms with Gasteiger partial charge in [0.05, 0.1) is 0 Å². The van der Waals surface area contributed by atoms with E-state index in [0.717, 1.165) is 35.8 Å². The summed E-state index contributed by atoms with van der Waals surface area (Å²) in [4.78, 5) is 27.0. The molecule has 8 heteroatoms. The average Bonchev–Trinajstić information content (AvgIpc) is 3.28. The summed E-state index contributed by atoms with van der Waals surface area (Å²) in [6, 6.07) is 0. The Hall–Kier alpha value is -3.03. The van der Waals surface area contributed by atoms with Crippen LogP contribution in [0.5, 0.6) is 0 Å². The summed E-state index contributed by atoms with van der Waals surface area (Å²) in [5, 5.41) is 4.47. The van der Waals surface area contributed by atoms with Gasteiger partial charge in [0.1, 0.15) is 11.6 Å². The molecule has 3 aromatic heterocycles. The van der Waals surface area contributed by atoms with Gasteiger partial charge in [-0.05, 0) is 32.4 Å². The number of carbonyl (C=O) groups is 1. The molecule has 0 saturated carbocycles. The molecule has 1 amide bonds.